The van der Waals surface area contributed by atoms with Gasteiger partial charge in [-0.1, -0.05) is 30.3 Å². The van der Waals surface area contributed by atoms with Crippen LogP contribution < -0.4 is 5.32 Å². The average Bonchev–Trinajstić information content (AvgIpc) is 2.36. The molecule has 1 aromatic carbocycles. The lowest BCUT2D eigenvalue weighted by Crippen LogP contribution is -2.62. The molecule has 5 heteroatoms. The molecule has 5 nitrogen and oxygen atoms in total. The molecule has 1 aromatic rings. The number of rotatable bonds is 5. The normalized spacial score (nSPS) is 23.2. The molecular formula is C14H17NO4. The summed E-state index contributed by atoms with van der Waals surface area (Å²) >= 11 is 0. The smallest absolute Gasteiger partial charge is 0.308 e. The van der Waals surface area contributed by atoms with Crippen molar-refractivity contribution in [2.24, 2.45) is 5.92 Å². The van der Waals surface area contributed by atoms with Crippen molar-refractivity contribution >= 4 is 11.9 Å². The van der Waals surface area contributed by atoms with Gasteiger partial charge in [0.15, 0.2) is 0 Å². The second-order valence-corrected chi connectivity index (χ2v) is 4.73. The van der Waals surface area contributed by atoms with Gasteiger partial charge in [-0.3, -0.25) is 9.59 Å². The first-order valence-corrected chi connectivity index (χ1v) is 6.26. The zero-order valence-corrected chi connectivity index (χ0v) is 10.7. The highest BCUT2D eigenvalue weighted by Crippen LogP contribution is 2.22. The summed E-state index contributed by atoms with van der Waals surface area (Å²) in [5.74, 6) is -1.10. The predicted octanol–water partition coefficient (Wildman–Crippen LogP) is 0.615. The highest BCUT2D eigenvalue weighted by molar-refractivity contribution is 5.88. The summed E-state index contributed by atoms with van der Waals surface area (Å²) in [5, 5.41) is 12.0. The Kier molecular flexibility index (Phi) is 4.16. The number of hydrogen-bond acceptors (Lipinski definition) is 4. The molecule has 102 valence electrons. The zero-order valence-electron chi connectivity index (χ0n) is 10.7. The van der Waals surface area contributed by atoms with E-state index >= 15 is 0 Å². The summed E-state index contributed by atoms with van der Waals surface area (Å²) in [4.78, 5) is 22.9. The van der Waals surface area contributed by atoms with Crippen LogP contribution in [0.2, 0.25) is 0 Å². The van der Waals surface area contributed by atoms with Crippen molar-refractivity contribution in [3.05, 3.63) is 35.9 Å². The molecule has 1 fully saturated rings. The van der Waals surface area contributed by atoms with Gasteiger partial charge in [-0.25, -0.2) is 0 Å². The SMILES string of the molecule is C[C@@H](O)[C@H]1C(=O)N[C@@H]1CC(=O)OCc1ccccc1. The molecule has 0 bridgehead atoms. The Bertz CT molecular complexity index is 458. The van der Waals surface area contributed by atoms with Crippen LogP contribution in [0.3, 0.4) is 0 Å². The Hall–Kier alpha value is -1.88. The Morgan fingerprint density at radius 1 is 1.42 bits per heavy atom. The maximum Gasteiger partial charge on any atom is 0.308 e. The van der Waals surface area contributed by atoms with Gasteiger partial charge in [0.25, 0.3) is 0 Å². The number of aliphatic hydroxyl groups excluding tert-OH is 1. The Balaban J connectivity index is 1.78. The maximum absolute atomic E-state index is 11.6. The average molecular weight is 263 g/mol. The molecule has 1 heterocycles. The van der Waals surface area contributed by atoms with E-state index in [9.17, 15) is 14.7 Å². The van der Waals surface area contributed by atoms with Crippen molar-refractivity contribution < 1.29 is 19.4 Å². The summed E-state index contributed by atoms with van der Waals surface area (Å²) < 4.78 is 5.13. The lowest BCUT2D eigenvalue weighted by molar-refractivity contribution is -0.150. The highest BCUT2D eigenvalue weighted by atomic mass is 16.5. The van der Waals surface area contributed by atoms with E-state index < -0.39 is 12.0 Å². The number of carbonyl (C=O) groups excluding carboxylic acids is 2. The number of esters is 1. The minimum Gasteiger partial charge on any atom is -0.461 e. The van der Waals surface area contributed by atoms with E-state index in [1.54, 1.807) is 6.92 Å². The van der Waals surface area contributed by atoms with Gasteiger partial charge in [0.1, 0.15) is 6.61 Å². The van der Waals surface area contributed by atoms with Crippen molar-refractivity contribution in [3.63, 3.8) is 0 Å². The van der Waals surface area contributed by atoms with Crippen LogP contribution in [-0.4, -0.2) is 29.1 Å². The third kappa shape index (κ3) is 3.32. The number of hydrogen-bond donors (Lipinski definition) is 2. The summed E-state index contributed by atoms with van der Waals surface area (Å²) in [6.45, 7) is 1.77. The van der Waals surface area contributed by atoms with E-state index in [0.29, 0.717) is 0 Å². The first kappa shape index (κ1) is 13.5. The minimum atomic E-state index is -0.749. The Morgan fingerprint density at radius 2 is 2.11 bits per heavy atom. The Labute approximate surface area is 111 Å². The second kappa shape index (κ2) is 5.84. The van der Waals surface area contributed by atoms with Gasteiger partial charge in [-0.2, -0.15) is 0 Å². The molecule has 0 aromatic heterocycles. The number of amides is 1. The molecule has 2 N–H and O–H groups in total. The first-order chi connectivity index (χ1) is 9.08. The van der Waals surface area contributed by atoms with Gasteiger partial charge in [0, 0.05) is 0 Å². The number of benzene rings is 1. The third-order valence-corrected chi connectivity index (χ3v) is 3.21. The van der Waals surface area contributed by atoms with Crippen LogP contribution in [0.4, 0.5) is 0 Å². The fourth-order valence-electron chi connectivity index (χ4n) is 2.17. The van der Waals surface area contributed by atoms with Crippen LogP contribution in [0, 0.1) is 5.92 Å². The van der Waals surface area contributed by atoms with Gasteiger partial charge >= 0.3 is 5.97 Å². The summed E-state index contributed by atoms with van der Waals surface area (Å²) in [6, 6.07) is 9.06. The van der Waals surface area contributed by atoms with Gasteiger partial charge in [-0.15, -0.1) is 0 Å². The summed E-state index contributed by atoms with van der Waals surface area (Å²) in [5.41, 5.74) is 0.917. The number of aliphatic hydroxyl groups is 1. The third-order valence-electron chi connectivity index (χ3n) is 3.21. The van der Waals surface area contributed by atoms with Crippen molar-refractivity contribution in [1.29, 1.82) is 0 Å². The topological polar surface area (TPSA) is 75.6 Å². The van der Waals surface area contributed by atoms with E-state index in [0.717, 1.165) is 5.56 Å². The molecule has 0 radical (unpaired) electrons. The molecule has 0 spiro atoms. The highest BCUT2D eigenvalue weighted by Gasteiger charge is 2.43. The van der Waals surface area contributed by atoms with E-state index in [4.69, 9.17) is 4.74 Å². The quantitative estimate of drug-likeness (QED) is 0.603. The molecule has 1 saturated heterocycles. The molecule has 1 amide bonds. The van der Waals surface area contributed by atoms with Crippen LogP contribution in [0.25, 0.3) is 0 Å². The minimum absolute atomic E-state index is 0.0914. The number of ether oxygens (including phenoxy) is 1. The fourth-order valence-corrected chi connectivity index (χ4v) is 2.17. The molecule has 19 heavy (non-hydrogen) atoms. The first-order valence-electron chi connectivity index (χ1n) is 6.26. The predicted molar refractivity (Wildman–Crippen MR) is 68.0 cm³/mol. The van der Waals surface area contributed by atoms with E-state index in [1.165, 1.54) is 0 Å². The molecule has 3 atom stereocenters. The zero-order chi connectivity index (χ0) is 13.8. The molecule has 0 unspecified atom stereocenters. The van der Waals surface area contributed by atoms with E-state index in [-0.39, 0.29) is 30.9 Å². The molecule has 2 rings (SSSR count). The second-order valence-electron chi connectivity index (χ2n) is 4.73. The van der Waals surface area contributed by atoms with Crippen LogP contribution in [0.15, 0.2) is 30.3 Å². The van der Waals surface area contributed by atoms with Crippen LogP contribution in [0.1, 0.15) is 18.9 Å². The Morgan fingerprint density at radius 3 is 2.68 bits per heavy atom. The summed E-state index contributed by atoms with van der Waals surface area (Å²) in [6.07, 6.45) is -0.658. The van der Waals surface area contributed by atoms with Gasteiger partial charge < -0.3 is 15.2 Å². The van der Waals surface area contributed by atoms with Crippen LogP contribution in [0.5, 0.6) is 0 Å². The van der Waals surface area contributed by atoms with Gasteiger partial charge in [0.05, 0.1) is 24.5 Å². The number of nitrogens with one attached hydrogen (secondary N) is 1. The molecule has 1 aliphatic rings. The van der Waals surface area contributed by atoms with E-state index in [2.05, 4.69) is 5.32 Å². The van der Waals surface area contributed by atoms with Crippen molar-refractivity contribution in [1.82, 2.24) is 5.32 Å². The lowest BCUT2D eigenvalue weighted by atomic mass is 9.84. The van der Waals surface area contributed by atoms with Crippen molar-refractivity contribution in [2.75, 3.05) is 0 Å². The molecule has 0 saturated carbocycles. The standard InChI is InChI=1S/C14H17NO4/c1-9(16)13-11(15-14(13)18)7-12(17)19-8-10-5-3-2-4-6-10/h2-6,9,11,13,16H,7-8H2,1H3,(H,15,18)/t9-,11-,13-/m1/s1. The lowest BCUT2D eigenvalue weighted by Gasteiger charge is -2.37. The van der Waals surface area contributed by atoms with Gasteiger partial charge in [0.2, 0.25) is 5.91 Å². The molecule has 1 aliphatic heterocycles. The molecular weight excluding hydrogens is 246 g/mol. The molecule has 0 aliphatic carbocycles. The van der Waals surface area contributed by atoms with Gasteiger partial charge in [-0.05, 0) is 12.5 Å². The van der Waals surface area contributed by atoms with Crippen LogP contribution in [-0.2, 0) is 20.9 Å². The van der Waals surface area contributed by atoms with E-state index in [1.807, 2.05) is 30.3 Å². The monoisotopic (exact) mass is 263 g/mol. The van der Waals surface area contributed by atoms with Crippen LogP contribution >= 0.6 is 0 Å². The van der Waals surface area contributed by atoms with Crippen molar-refractivity contribution in [2.45, 2.75) is 32.1 Å². The summed E-state index contributed by atoms with van der Waals surface area (Å²) in [7, 11) is 0. The number of β-lactam (4-membered cyclic amide) rings is 1. The number of carbonyl (C=O) groups is 2. The largest absolute Gasteiger partial charge is 0.461 e. The maximum atomic E-state index is 11.6. The van der Waals surface area contributed by atoms with Crippen molar-refractivity contribution in [3.8, 4) is 0 Å². The fraction of sp³-hybridized carbons (Fsp3) is 0.429.